The minimum Gasteiger partial charge on any atom is -0.478 e. The molecule has 8 heteroatoms. The number of nitrogens with one attached hydrogen (secondary N) is 3. The van der Waals surface area contributed by atoms with Gasteiger partial charge in [-0.25, -0.2) is 9.59 Å². The normalized spacial score (nSPS) is 10.3. The highest BCUT2D eigenvalue weighted by atomic mass is 16.5. The molecule has 4 N–H and O–H groups in total. The minimum absolute atomic E-state index is 0.145. The number of aromatic carboxylic acids is 1. The zero-order chi connectivity index (χ0) is 18.7. The molecule has 0 aliphatic carbocycles. The van der Waals surface area contributed by atoms with Gasteiger partial charge in [0.15, 0.2) is 5.75 Å². The lowest BCUT2D eigenvalue weighted by atomic mass is 10.1. The zero-order valence-corrected chi connectivity index (χ0v) is 13.7. The van der Waals surface area contributed by atoms with Crippen LogP contribution in [0.15, 0.2) is 58.1 Å². The van der Waals surface area contributed by atoms with Crippen molar-refractivity contribution in [3.05, 3.63) is 80.5 Å². The van der Waals surface area contributed by atoms with E-state index in [0.29, 0.717) is 22.7 Å². The molecule has 3 aromatic rings. The number of benzene rings is 2. The van der Waals surface area contributed by atoms with Gasteiger partial charge in [0.1, 0.15) is 11.6 Å². The van der Waals surface area contributed by atoms with Crippen LogP contribution in [0.25, 0.3) is 0 Å². The second kappa shape index (κ2) is 6.98. The van der Waals surface area contributed by atoms with Crippen molar-refractivity contribution in [2.45, 2.75) is 6.92 Å². The minimum atomic E-state index is -1.04. The average molecular weight is 353 g/mol. The van der Waals surface area contributed by atoms with E-state index in [4.69, 9.17) is 4.74 Å². The number of carboxylic acid groups (broad SMARTS) is 1. The quantitative estimate of drug-likeness (QED) is 0.559. The number of aromatic nitrogens is 2. The third-order valence-electron chi connectivity index (χ3n) is 3.65. The lowest BCUT2D eigenvalue weighted by Crippen LogP contribution is -2.22. The van der Waals surface area contributed by atoms with E-state index in [2.05, 4.69) is 15.3 Å². The number of carboxylic acids is 1. The SMILES string of the molecule is Cc1c(Oc2ccccc2Nc2cc(=O)[nH]c(=O)[nH]2)cccc1C(=O)O. The van der Waals surface area contributed by atoms with Crippen LogP contribution < -0.4 is 21.3 Å². The number of hydrogen-bond donors (Lipinski definition) is 4. The largest absolute Gasteiger partial charge is 0.478 e. The van der Waals surface area contributed by atoms with E-state index in [1.807, 2.05) is 0 Å². The maximum absolute atomic E-state index is 11.4. The molecule has 8 nitrogen and oxygen atoms in total. The Hall–Kier alpha value is -3.81. The van der Waals surface area contributed by atoms with Crippen molar-refractivity contribution in [1.82, 2.24) is 9.97 Å². The van der Waals surface area contributed by atoms with Crippen molar-refractivity contribution in [3.63, 3.8) is 0 Å². The van der Waals surface area contributed by atoms with Gasteiger partial charge >= 0.3 is 11.7 Å². The van der Waals surface area contributed by atoms with E-state index in [0.717, 1.165) is 0 Å². The number of para-hydroxylation sites is 2. The van der Waals surface area contributed by atoms with Crippen LogP contribution in [0.5, 0.6) is 11.5 Å². The van der Waals surface area contributed by atoms with Crippen LogP contribution in [0.3, 0.4) is 0 Å². The number of ether oxygens (including phenoxy) is 1. The van der Waals surface area contributed by atoms with Crippen molar-refractivity contribution < 1.29 is 14.6 Å². The number of H-pyrrole nitrogens is 2. The Morgan fingerprint density at radius 3 is 2.50 bits per heavy atom. The third kappa shape index (κ3) is 3.64. The molecule has 0 fully saturated rings. The fourth-order valence-corrected chi connectivity index (χ4v) is 2.42. The highest BCUT2D eigenvalue weighted by Crippen LogP contribution is 2.33. The lowest BCUT2D eigenvalue weighted by molar-refractivity contribution is 0.0695. The summed E-state index contributed by atoms with van der Waals surface area (Å²) in [4.78, 5) is 38.6. The molecule has 3 rings (SSSR count). The summed E-state index contributed by atoms with van der Waals surface area (Å²) in [5.74, 6) is -0.0518. The second-order valence-electron chi connectivity index (χ2n) is 5.46. The molecule has 2 aromatic carbocycles. The smallest absolute Gasteiger partial charge is 0.336 e. The molecule has 0 radical (unpaired) electrons. The summed E-state index contributed by atoms with van der Waals surface area (Å²) in [5.41, 5.74) is -0.0526. The first-order chi connectivity index (χ1) is 12.4. The highest BCUT2D eigenvalue weighted by molar-refractivity contribution is 5.90. The van der Waals surface area contributed by atoms with Gasteiger partial charge in [-0.1, -0.05) is 18.2 Å². The molecule has 0 spiro atoms. The van der Waals surface area contributed by atoms with Gasteiger partial charge in [-0.3, -0.25) is 14.8 Å². The van der Waals surface area contributed by atoms with E-state index in [9.17, 15) is 19.5 Å². The number of hydrogen-bond acceptors (Lipinski definition) is 5. The van der Waals surface area contributed by atoms with Crippen molar-refractivity contribution in [1.29, 1.82) is 0 Å². The predicted molar refractivity (Wildman–Crippen MR) is 95.6 cm³/mol. The molecule has 0 aliphatic heterocycles. The van der Waals surface area contributed by atoms with Gasteiger partial charge < -0.3 is 15.2 Å². The number of rotatable bonds is 5. The van der Waals surface area contributed by atoms with Crippen LogP contribution >= 0.6 is 0 Å². The molecule has 1 aromatic heterocycles. The molecular weight excluding hydrogens is 338 g/mol. The molecular formula is C18H15N3O5. The first-order valence-corrected chi connectivity index (χ1v) is 7.64. The molecule has 0 atom stereocenters. The molecule has 132 valence electrons. The number of carbonyl (C=O) groups is 1. The second-order valence-corrected chi connectivity index (χ2v) is 5.46. The van der Waals surface area contributed by atoms with Gasteiger partial charge in [-0.2, -0.15) is 0 Å². The van der Waals surface area contributed by atoms with Crippen LogP contribution in [0.1, 0.15) is 15.9 Å². The summed E-state index contributed by atoms with van der Waals surface area (Å²) < 4.78 is 5.86. The molecule has 0 amide bonds. The number of anilines is 2. The first-order valence-electron chi connectivity index (χ1n) is 7.64. The maximum Gasteiger partial charge on any atom is 0.336 e. The van der Waals surface area contributed by atoms with Gasteiger partial charge in [0.05, 0.1) is 11.3 Å². The van der Waals surface area contributed by atoms with E-state index in [-0.39, 0.29) is 11.4 Å². The van der Waals surface area contributed by atoms with E-state index < -0.39 is 17.2 Å². The van der Waals surface area contributed by atoms with E-state index >= 15 is 0 Å². The van der Waals surface area contributed by atoms with E-state index in [1.165, 1.54) is 12.1 Å². The lowest BCUT2D eigenvalue weighted by Gasteiger charge is -2.14. The Labute approximate surface area is 147 Å². The monoisotopic (exact) mass is 353 g/mol. The topological polar surface area (TPSA) is 124 Å². The van der Waals surface area contributed by atoms with Gasteiger partial charge in [0.2, 0.25) is 0 Å². The van der Waals surface area contributed by atoms with Gasteiger partial charge in [0, 0.05) is 11.6 Å². The predicted octanol–water partition coefficient (Wildman–Crippen LogP) is 2.61. The molecule has 0 unspecified atom stereocenters. The number of aromatic amines is 2. The zero-order valence-electron chi connectivity index (χ0n) is 13.7. The van der Waals surface area contributed by atoms with Gasteiger partial charge in [-0.05, 0) is 31.2 Å². The van der Waals surface area contributed by atoms with Gasteiger partial charge in [0.25, 0.3) is 5.56 Å². The average Bonchev–Trinajstić information content (AvgIpc) is 2.57. The van der Waals surface area contributed by atoms with Crippen LogP contribution in [0.2, 0.25) is 0 Å². The maximum atomic E-state index is 11.4. The molecule has 0 saturated carbocycles. The Bertz CT molecular complexity index is 1060. The molecule has 0 bridgehead atoms. The van der Waals surface area contributed by atoms with Crippen molar-refractivity contribution in [2.24, 2.45) is 0 Å². The van der Waals surface area contributed by atoms with Crippen molar-refractivity contribution in [3.8, 4) is 11.5 Å². The first kappa shape index (κ1) is 17.0. The third-order valence-corrected chi connectivity index (χ3v) is 3.65. The van der Waals surface area contributed by atoms with Crippen molar-refractivity contribution in [2.75, 3.05) is 5.32 Å². The Balaban J connectivity index is 1.96. The fraction of sp³-hybridized carbons (Fsp3) is 0.0556. The highest BCUT2D eigenvalue weighted by Gasteiger charge is 2.13. The van der Waals surface area contributed by atoms with Gasteiger partial charge in [-0.15, -0.1) is 0 Å². The Morgan fingerprint density at radius 2 is 1.77 bits per heavy atom. The molecule has 0 aliphatic rings. The van der Waals surface area contributed by atoms with Crippen LogP contribution in [-0.2, 0) is 0 Å². The fourth-order valence-electron chi connectivity index (χ4n) is 2.42. The van der Waals surface area contributed by atoms with Crippen LogP contribution in [0.4, 0.5) is 11.5 Å². The summed E-state index contributed by atoms with van der Waals surface area (Å²) in [6.45, 7) is 1.66. The Kier molecular flexibility index (Phi) is 4.57. The summed E-state index contributed by atoms with van der Waals surface area (Å²) >= 11 is 0. The van der Waals surface area contributed by atoms with Crippen molar-refractivity contribution >= 4 is 17.5 Å². The van der Waals surface area contributed by atoms with E-state index in [1.54, 1.807) is 43.3 Å². The van der Waals surface area contributed by atoms with Crippen LogP contribution in [0, 0.1) is 6.92 Å². The summed E-state index contributed by atoms with van der Waals surface area (Å²) in [5, 5.41) is 12.1. The molecule has 1 heterocycles. The summed E-state index contributed by atoms with van der Waals surface area (Å²) in [6, 6.07) is 12.8. The molecule has 0 saturated heterocycles. The summed E-state index contributed by atoms with van der Waals surface area (Å²) in [7, 11) is 0. The molecule has 26 heavy (non-hydrogen) atoms. The van der Waals surface area contributed by atoms with Crippen LogP contribution in [-0.4, -0.2) is 21.0 Å². The standard InChI is InChI=1S/C18H15N3O5/c1-10-11(17(23)24)5-4-8-13(10)26-14-7-3-2-6-12(14)19-15-9-16(22)21-18(25)20-15/h2-9H,1H3,(H,23,24)(H3,19,20,21,22,25). The Morgan fingerprint density at radius 1 is 1.04 bits per heavy atom. The summed E-state index contributed by atoms with van der Waals surface area (Å²) in [6.07, 6.45) is 0.